The van der Waals surface area contributed by atoms with E-state index in [4.69, 9.17) is 0 Å². The van der Waals surface area contributed by atoms with Crippen molar-refractivity contribution < 1.29 is 4.55 Å². The molecule has 0 amide bonds. The Balaban J connectivity index is 2.35. The summed E-state index contributed by atoms with van der Waals surface area (Å²) in [6.07, 6.45) is 5.20. The van der Waals surface area contributed by atoms with Crippen LogP contribution in [0.15, 0.2) is 41.1 Å². The third-order valence-corrected chi connectivity index (χ3v) is 3.86. The smallest absolute Gasteiger partial charge is 0.144 e. The van der Waals surface area contributed by atoms with Crippen LogP contribution in [0.2, 0.25) is 0 Å². The van der Waals surface area contributed by atoms with Crippen molar-refractivity contribution in [2.24, 2.45) is 4.40 Å². The molecule has 3 nitrogen and oxygen atoms in total. The second-order valence-corrected chi connectivity index (χ2v) is 6.98. The molecule has 0 spiro atoms. The second kappa shape index (κ2) is 5.08. The predicted octanol–water partition coefficient (Wildman–Crippen LogP) is 3.12. The molecular formula is C14H16N2OS. The SMILES string of the molecule is CC(C)(C)[S+]([O-])/N=C/c1cncc2ccccc12. The normalized spacial score (nSPS) is 14.2. The van der Waals surface area contributed by atoms with Crippen molar-refractivity contribution in [1.29, 1.82) is 0 Å². The number of pyridine rings is 1. The van der Waals surface area contributed by atoms with Crippen LogP contribution >= 0.6 is 0 Å². The molecule has 2 rings (SSSR count). The Bertz CT molecular complexity index is 570. The molecule has 0 aliphatic rings. The minimum absolute atomic E-state index is 0.339. The van der Waals surface area contributed by atoms with Gasteiger partial charge in [-0.2, -0.15) is 0 Å². The summed E-state index contributed by atoms with van der Waals surface area (Å²) in [4.78, 5) is 4.16. The zero-order valence-electron chi connectivity index (χ0n) is 10.8. The number of hydrogen-bond donors (Lipinski definition) is 0. The van der Waals surface area contributed by atoms with Crippen LogP contribution in [0.3, 0.4) is 0 Å². The monoisotopic (exact) mass is 260 g/mol. The maximum Gasteiger partial charge on any atom is 0.144 e. The van der Waals surface area contributed by atoms with Crippen molar-refractivity contribution in [3.05, 3.63) is 42.2 Å². The Morgan fingerprint density at radius 3 is 2.67 bits per heavy atom. The first kappa shape index (κ1) is 13.1. The van der Waals surface area contributed by atoms with Crippen molar-refractivity contribution in [2.75, 3.05) is 0 Å². The summed E-state index contributed by atoms with van der Waals surface area (Å²) in [5, 5.41) is 2.13. The van der Waals surface area contributed by atoms with Gasteiger partial charge in [-0.3, -0.25) is 4.98 Å². The number of fused-ring (bicyclic) bond motifs is 1. The van der Waals surface area contributed by atoms with Gasteiger partial charge in [-0.25, -0.2) is 0 Å². The molecule has 94 valence electrons. The Hall–Kier alpha value is -1.39. The van der Waals surface area contributed by atoms with Crippen molar-refractivity contribution in [3.63, 3.8) is 0 Å². The summed E-state index contributed by atoms with van der Waals surface area (Å²) in [6.45, 7) is 5.71. The largest absolute Gasteiger partial charge is 0.591 e. The number of benzene rings is 1. The average molecular weight is 260 g/mol. The molecule has 0 fully saturated rings. The molecule has 1 aromatic heterocycles. The standard InChI is InChI=1S/C14H16N2OS/c1-14(2,3)18(17)16-10-12-9-15-8-11-6-4-5-7-13(11)12/h4-10H,1-3H3/b16-10+. The molecule has 18 heavy (non-hydrogen) atoms. The molecule has 0 saturated heterocycles. The van der Waals surface area contributed by atoms with Gasteiger partial charge in [0.1, 0.15) is 16.1 Å². The van der Waals surface area contributed by atoms with Gasteiger partial charge in [0.25, 0.3) is 0 Å². The summed E-state index contributed by atoms with van der Waals surface area (Å²) < 4.78 is 15.7. The highest BCUT2D eigenvalue weighted by molar-refractivity contribution is 7.91. The first-order valence-electron chi connectivity index (χ1n) is 5.77. The number of rotatable bonds is 2. The lowest BCUT2D eigenvalue weighted by Gasteiger charge is -2.17. The molecule has 0 N–H and O–H groups in total. The highest BCUT2D eigenvalue weighted by Crippen LogP contribution is 2.19. The quantitative estimate of drug-likeness (QED) is 0.615. The predicted molar refractivity (Wildman–Crippen MR) is 77.2 cm³/mol. The van der Waals surface area contributed by atoms with Crippen LogP contribution in [0.1, 0.15) is 26.3 Å². The molecule has 1 atom stereocenters. The van der Waals surface area contributed by atoms with Crippen molar-refractivity contribution >= 4 is 28.3 Å². The number of nitrogens with zero attached hydrogens (tertiary/aromatic N) is 2. The Labute approximate surface area is 110 Å². The highest BCUT2D eigenvalue weighted by Gasteiger charge is 2.25. The molecule has 1 unspecified atom stereocenters. The third-order valence-electron chi connectivity index (χ3n) is 2.51. The van der Waals surface area contributed by atoms with Gasteiger partial charge in [-0.05, 0) is 26.2 Å². The summed E-state index contributed by atoms with van der Waals surface area (Å²) in [6, 6.07) is 7.96. The average Bonchev–Trinajstić information content (AvgIpc) is 2.34. The topological polar surface area (TPSA) is 48.3 Å². The first-order chi connectivity index (χ1) is 8.48. The maximum atomic E-state index is 11.9. The molecule has 1 heterocycles. The molecule has 0 aliphatic carbocycles. The van der Waals surface area contributed by atoms with E-state index in [2.05, 4.69) is 9.38 Å². The molecule has 0 aliphatic heterocycles. The zero-order valence-corrected chi connectivity index (χ0v) is 11.6. The molecule has 0 saturated carbocycles. The highest BCUT2D eigenvalue weighted by atomic mass is 32.2. The lowest BCUT2D eigenvalue weighted by molar-refractivity contribution is 0.562. The lowest BCUT2D eigenvalue weighted by Crippen LogP contribution is -2.25. The second-order valence-electron chi connectivity index (χ2n) is 5.05. The van der Waals surface area contributed by atoms with Crippen molar-refractivity contribution in [2.45, 2.75) is 25.5 Å². The number of aromatic nitrogens is 1. The van der Waals surface area contributed by atoms with Gasteiger partial charge in [-0.15, -0.1) is 0 Å². The van der Waals surface area contributed by atoms with E-state index in [9.17, 15) is 4.55 Å². The molecule has 1 aromatic carbocycles. The van der Waals surface area contributed by atoms with Crippen molar-refractivity contribution in [1.82, 2.24) is 4.98 Å². The molecule has 2 aromatic rings. The summed E-state index contributed by atoms with van der Waals surface area (Å²) >= 11 is -1.24. The number of hydrogen-bond acceptors (Lipinski definition) is 3. The van der Waals surface area contributed by atoms with E-state index in [1.54, 1.807) is 12.4 Å². The van der Waals surface area contributed by atoms with E-state index >= 15 is 0 Å². The molecular weight excluding hydrogens is 244 g/mol. The van der Waals surface area contributed by atoms with E-state index in [1.807, 2.05) is 51.2 Å². The van der Waals surface area contributed by atoms with Gasteiger partial charge in [-0.1, -0.05) is 28.7 Å². The van der Waals surface area contributed by atoms with Gasteiger partial charge in [0.15, 0.2) is 0 Å². The summed E-state index contributed by atoms with van der Waals surface area (Å²) in [7, 11) is 0. The van der Waals surface area contributed by atoms with Gasteiger partial charge < -0.3 is 4.55 Å². The summed E-state index contributed by atoms with van der Waals surface area (Å²) in [5.74, 6) is 0. The zero-order chi connectivity index (χ0) is 13.2. The van der Waals surface area contributed by atoms with Crippen LogP contribution in [0.4, 0.5) is 0 Å². The Kier molecular flexibility index (Phi) is 3.68. The van der Waals surface area contributed by atoms with Crippen LogP contribution in [0.25, 0.3) is 10.8 Å². The van der Waals surface area contributed by atoms with Crippen LogP contribution < -0.4 is 0 Å². The van der Waals surface area contributed by atoms with Crippen molar-refractivity contribution in [3.8, 4) is 0 Å². The minimum atomic E-state index is -1.24. The van der Waals surface area contributed by atoms with Crippen LogP contribution in [0.5, 0.6) is 0 Å². The minimum Gasteiger partial charge on any atom is -0.591 e. The van der Waals surface area contributed by atoms with E-state index in [0.717, 1.165) is 16.3 Å². The van der Waals surface area contributed by atoms with Gasteiger partial charge in [0.2, 0.25) is 0 Å². The van der Waals surface area contributed by atoms with E-state index in [-0.39, 0.29) is 4.75 Å². The fourth-order valence-electron chi connectivity index (χ4n) is 1.51. The first-order valence-corrected chi connectivity index (χ1v) is 6.88. The lowest BCUT2D eigenvalue weighted by atomic mass is 10.1. The van der Waals surface area contributed by atoms with Gasteiger partial charge in [0, 0.05) is 23.3 Å². The van der Waals surface area contributed by atoms with E-state index < -0.39 is 11.4 Å². The molecule has 0 radical (unpaired) electrons. The fourth-order valence-corrected chi connectivity index (χ4v) is 2.03. The molecule has 4 heteroatoms. The Morgan fingerprint density at radius 1 is 1.22 bits per heavy atom. The van der Waals surface area contributed by atoms with Gasteiger partial charge in [0.05, 0.1) is 6.21 Å². The van der Waals surface area contributed by atoms with E-state index in [0.29, 0.717) is 0 Å². The fraction of sp³-hybridized carbons (Fsp3) is 0.286. The summed E-state index contributed by atoms with van der Waals surface area (Å²) in [5.41, 5.74) is 0.894. The molecule has 0 bridgehead atoms. The van der Waals surface area contributed by atoms with Crippen LogP contribution in [0, 0.1) is 0 Å². The van der Waals surface area contributed by atoms with Crippen LogP contribution in [-0.2, 0) is 11.4 Å². The van der Waals surface area contributed by atoms with Gasteiger partial charge >= 0.3 is 0 Å². The maximum absolute atomic E-state index is 11.9. The third kappa shape index (κ3) is 2.89. The van der Waals surface area contributed by atoms with Crippen LogP contribution in [-0.4, -0.2) is 20.5 Å². The van der Waals surface area contributed by atoms with E-state index in [1.165, 1.54) is 0 Å². The Morgan fingerprint density at radius 2 is 1.94 bits per heavy atom.